The van der Waals surface area contributed by atoms with Gasteiger partial charge in [-0.15, -0.1) is 22.7 Å². The van der Waals surface area contributed by atoms with E-state index in [0.717, 1.165) is 45.7 Å². The van der Waals surface area contributed by atoms with Gasteiger partial charge in [0.05, 0.1) is 23.2 Å². The molecule has 242 valence electrons. The summed E-state index contributed by atoms with van der Waals surface area (Å²) in [5.74, 6) is -0.230. The number of hydrogen-bond acceptors (Lipinski definition) is 8. The first-order chi connectivity index (χ1) is 23.4. The van der Waals surface area contributed by atoms with Crippen molar-refractivity contribution in [3.63, 3.8) is 0 Å². The summed E-state index contributed by atoms with van der Waals surface area (Å²) in [6, 6.07) is 30.7. The number of benzene rings is 3. The van der Waals surface area contributed by atoms with Crippen LogP contribution in [0.5, 0.6) is 0 Å². The van der Waals surface area contributed by atoms with Crippen molar-refractivity contribution in [1.82, 2.24) is 9.55 Å². The Hall–Kier alpha value is -4.51. The number of nitrogens with zero attached hydrogens (tertiary/aromatic N) is 2. The molecule has 48 heavy (non-hydrogen) atoms. The first-order valence-corrected chi connectivity index (χ1v) is 18.4. The Bertz CT molecular complexity index is 2160. The first-order valence-electron chi connectivity index (χ1n) is 15.9. The van der Waals surface area contributed by atoms with Crippen LogP contribution in [0.25, 0.3) is 26.3 Å². The van der Waals surface area contributed by atoms with E-state index in [9.17, 15) is 14.4 Å². The lowest BCUT2D eigenvalue weighted by Crippen LogP contribution is -2.24. The van der Waals surface area contributed by atoms with Crippen molar-refractivity contribution in [2.45, 2.75) is 43.5 Å². The number of amides is 1. The highest BCUT2D eigenvalue weighted by Gasteiger charge is 2.32. The molecule has 0 saturated heterocycles. The number of thioether (sulfide) groups is 1. The van der Waals surface area contributed by atoms with Crippen molar-refractivity contribution < 1.29 is 14.3 Å². The zero-order valence-corrected chi connectivity index (χ0v) is 28.9. The summed E-state index contributed by atoms with van der Waals surface area (Å²) in [5, 5.41) is 3.76. The predicted octanol–water partition coefficient (Wildman–Crippen LogP) is 8.95. The number of hydrogen-bond donors (Lipinski definition) is 1. The molecule has 0 aliphatic heterocycles. The quantitative estimate of drug-likeness (QED) is 0.0925. The minimum absolute atomic E-state index is 0.205. The molecule has 1 amide bonds. The second-order valence-electron chi connectivity index (χ2n) is 11.7. The van der Waals surface area contributed by atoms with Crippen molar-refractivity contribution in [2.75, 3.05) is 11.9 Å². The molecule has 0 unspecified atom stereocenters. The molecular weight excluding hydrogens is 659 g/mol. The van der Waals surface area contributed by atoms with Gasteiger partial charge in [-0.2, -0.15) is 0 Å². The average Bonchev–Trinajstić information content (AvgIpc) is 3.70. The fourth-order valence-corrected chi connectivity index (χ4v) is 9.63. The Morgan fingerprint density at radius 2 is 1.69 bits per heavy atom. The Kier molecular flexibility index (Phi) is 9.30. The average molecular weight is 692 g/mol. The molecule has 10 heteroatoms. The summed E-state index contributed by atoms with van der Waals surface area (Å²) >= 11 is 4.13. The number of rotatable bonds is 9. The molecule has 1 aliphatic rings. The van der Waals surface area contributed by atoms with Gasteiger partial charge in [0.1, 0.15) is 15.1 Å². The normalized spacial score (nSPS) is 14.8. The number of thiophene rings is 2. The predicted molar refractivity (Wildman–Crippen MR) is 196 cm³/mol. The lowest BCUT2D eigenvalue weighted by Gasteiger charge is -2.19. The van der Waals surface area contributed by atoms with Crippen LogP contribution in [-0.2, 0) is 22.4 Å². The van der Waals surface area contributed by atoms with Crippen molar-refractivity contribution in [2.24, 2.45) is 5.92 Å². The van der Waals surface area contributed by atoms with Gasteiger partial charge in [-0.05, 0) is 67.0 Å². The minimum Gasteiger partial charge on any atom is -0.462 e. The van der Waals surface area contributed by atoms with E-state index in [4.69, 9.17) is 9.72 Å². The van der Waals surface area contributed by atoms with Gasteiger partial charge in [-0.25, -0.2) is 9.78 Å². The number of carbonyl (C=O) groups excluding carboxylic acids is 2. The van der Waals surface area contributed by atoms with Gasteiger partial charge in [0.2, 0.25) is 5.91 Å². The molecule has 3 aromatic heterocycles. The summed E-state index contributed by atoms with van der Waals surface area (Å²) in [6.45, 7) is 4.24. The van der Waals surface area contributed by atoms with E-state index in [-0.39, 0.29) is 18.1 Å². The van der Waals surface area contributed by atoms with Gasteiger partial charge in [-0.1, -0.05) is 97.5 Å². The van der Waals surface area contributed by atoms with Crippen LogP contribution >= 0.6 is 34.4 Å². The molecule has 0 bridgehead atoms. The van der Waals surface area contributed by atoms with Gasteiger partial charge in [0.25, 0.3) is 5.56 Å². The van der Waals surface area contributed by atoms with Gasteiger partial charge in [0, 0.05) is 9.75 Å². The fourth-order valence-electron chi connectivity index (χ4n) is 6.03. The third kappa shape index (κ3) is 6.35. The maximum Gasteiger partial charge on any atom is 0.341 e. The minimum atomic E-state index is -0.785. The number of para-hydroxylation sites is 1. The van der Waals surface area contributed by atoms with E-state index in [2.05, 4.69) is 12.2 Å². The van der Waals surface area contributed by atoms with Crippen molar-refractivity contribution in [3.8, 4) is 16.1 Å². The third-order valence-corrected chi connectivity index (χ3v) is 11.9. The highest BCUT2D eigenvalue weighted by atomic mass is 32.2. The van der Waals surface area contributed by atoms with Gasteiger partial charge < -0.3 is 10.1 Å². The Morgan fingerprint density at radius 3 is 2.40 bits per heavy atom. The van der Waals surface area contributed by atoms with E-state index < -0.39 is 11.2 Å². The zero-order valence-electron chi connectivity index (χ0n) is 26.5. The highest BCUT2D eigenvalue weighted by molar-refractivity contribution is 8.00. The molecule has 7 rings (SSSR count). The summed E-state index contributed by atoms with van der Waals surface area (Å²) in [4.78, 5) is 49.6. The molecule has 0 fully saturated rings. The van der Waals surface area contributed by atoms with Crippen LogP contribution in [0.1, 0.15) is 51.9 Å². The maximum atomic E-state index is 14.4. The number of carbonyl (C=O) groups is 2. The largest absolute Gasteiger partial charge is 0.462 e. The summed E-state index contributed by atoms with van der Waals surface area (Å²) in [5.41, 5.74) is 3.65. The van der Waals surface area contributed by atoms with Crippen LogP contribution in [0.15, 0.2) is 107 Å². The van der Waals surface area contributed by atoms with Crippen LogP contribution in [0.2, 0.25) is 0 Å². The molecule has 0 radical (unpaired) electrons. The molecule has 3 heterocycles. The van der Waals surface area contributed by atoms with Crippen molar-refractivity contribution in [3.05, 3.63) is 129 Å². The van der Waals surface area contributed by atoms with E-state index >= 15 is 0 Å². The van der Waals surface area contributed by atoms with Crippen LogP contribution in [0.4, 0.5) is 5.00 Å². The second-order valence-corrected chi connectivity index (χ2v) is 14.9. The SMILES string of the molecule is CCOC(=O)c1c(NC(=O)[C@H](Sc2nc3sc(-c4ccccc4)cc3c(=O)n2-c2ccccc2)c2ccccc2)sc2c1CC[C@@H](C)C2. The van der Waals surface area contributed by atoms with Crippen molar-refractivity contribution in [1.29, 1.82) is 0 Å². The van der Waals surface area contributed by atoms with Gasteiger partial charge in [0.15, 0.2) is 5.16 Å². The highest BCUT2D eigenvalue weighted by Crippen LogP contribution is 2.43. The molecule has 1 N–H and O–H groups in total. The number of nitrogens with one attached hydrogen (secondary N) is 1. The number of fused-ring (bicyclic) bond motifs is 2. The molecule has 1 aliphatic carbocycles. The summed E-state index contributed by atoms with van der Waals surface area (Å²) in [7, 11) is 0. The van der Waals surface area contributed by atoms with Crippen LogP contribution < -0.4 is 10.9 Å². The Balaban J connectivity index is 1.33. The van der Waals surface area contributed by atoms with Crippen LogP contribution in [0, 0.1) is 5.92 Å². The lowest BCUT2D eigenvalue weighted by atomic mass is 9.88. The molecule has 2 atom stereocenters. The van der Waals surface area contributed by atoms with Crippen LogP contribution in [0.3, 0.4) is 0 Å². The van der Waals surface area contributed by atoms with Gasteiger partial charge >= 0.3 is 5.97 Å². The third-order valence-electron chi connectivity index (χ3n) is 8.40. The first kappa shape index (κ1) is 32.1. The molecular formula is C38H33N3O4S3. The molecule has 6 aromatic rings. The smallest absolute Gasteiger partial charge is 0.341 e. The Morgan fingerprint density at radius 1 is 1.00 bits per heavy atom. The van der Waals surface area contributed by atoms with Gasteiger partial charge in [-0.3, -0.25) is 14.2 Å². The number of aromatic nitrogens is 2. The lowest BCUT2D eigenvalue weighted by molar-refractivity contribution is -0.115. The van der Waals surface area contributed by atoms with Crippen LogP contribution in [-0.4, -0.2) is 28.0 Å². The number of esters is 1. The molecule has 3 aromatic carbocycles. The second kappa shape index (κ2) is 13.9. The van der Waals surface area contributed by atoms with E-state index in [1.165, 1.54) is 34.4 Å². The van der Waals surface area contributed by atoms with E-state index in [1.54, 1.807) is 11.5 Å². The number of anilines is 1. The monoisotopic (exact) mass is 691 g/mol. The topological polar surface area (TPSA) is 90.3 Å². The summed E-state index contributed by atoms with van der Waals surface area (Å²) < 4.78 is 7.05. The standard InChI is InChI=1S/C38H33N3O4S3/c1-3-45-37(44)31-27-20-19-23(2)21-30(27)47-35(31)39-33(42)32(25-15-9-5-10-16-25)48-38-40-34-28(22-29(46-34)24-13-7-4-8-14-24)36(43)41(38)26-17-11-6-12-18-26/h4-18,22-23,32H,3,19-21H2,1-2H3,(H,39,42)/t23-,32-/m1/s1. The zero-order chi connectivity index (χ0) is 33.2. The summed E-state index contributed by atoms with van der Waals surface area (Å²) in [6.07, 6.45) is 2.61. The van der Waals surface area contributed by atoms with E-state index in [0.29, 0.717) is 37.5 Å². The molecule has 0 spiro atoms. The fraction of sp³-hybridized carbons (Fsp3) is 0.211. The molecule has 7 nitrogen and oxygen atoms in total. The molecule has 0 saturated carbocycles. The van der Waals surface area contributed by atoms with E-state index in [1.807, 2.05) is 97.1 Å². The number of ether oxygens (including phenoxy) is 1. The maximum absolute atomic E-state index is 14.4. The Labute approximate surface area is 290 Å². The van der Waals surface area contributed by atoms with Crippen molar-refractivity contribution >= 4 is 61.5 Å².